The monoisotopic (exact) mass is 359 g/mol. The van der Waals surface area contributed by atoms with E-state index in [4.69, 9.17) is 21.1 Å². The van der Waals surface area contributed by atoms with Crippen molar-refractivity contribution in [2.45, 2.75) is 44.9 Å². The Hall–Kier alpha value is -2.20. The van der Waals surface area contributed by atoms with Gasteiger partial charge in [-0.05, 0) is 39.0 Å². The normalized spacial score (nSPS) is 19.3. The molecule has 0 saturated carbocycles. The summed E-state index contributed by atoms with van der Waals surface area (Å²) >= 11 is 6.10. The van der Waals surface area contributed by atoms with Crippen molar-refractivity contribution in [1.29, 1.82) is 0 Å². The first kappa shape index (κ1) is 17.6. The molecule has 2 aromatic carbocycles. The minimum Gasteiger partial charge on any atom is -0.487 e. The van der Waals surface area contributed by atoms with Gasteiger partial charge in [0.25, 0.3) is 5.91 Å². The summed E-state index contributed by atoms with van der Waals surface area (Å²) in [5, 5.41) is 3.57. The highest BCUT2D eigenvalue weighted by Crippen LogP contribution is 2.39. The molecule has 1 aliphatic rings. The van der Waals surface area contributed by atoms with Crippen molar-refractivity contribution in [1.82, 2.24) is 5.32 Å². The van der Waals surface area contributed by atoms with Crippen molar-refractivity contribution in [2.24, 2.45) is 0 Å². The summed E-state index contributed by atoms with van der Waals surface area (Å²) < 4.78 is 11.7. The third kappa shape index (κ3) is 4.07. The smallest absolute Gasteiger partial charge is 0.261 e. The Morgan fingerprint density at radius 3 is 2.68 bits per heavy atom. The van der Waals surface area contributed by atoms with Crippen LogP contribution in [0.5, 0.6) is 11.5 Å². The summed E-state index contributed by atoms with van der Waals surface area (Å²) in [5.74, 6) is 1.13. The molecule has 2 atom stereocenters. The van der Waals surface area contributed by atoms with Gasteiger partial charge in [0.1, 0.15) is 17.1 Å². The van der Waals surface area contributed by atoms with E-state index in [1.54, 1.807) is 19.1 Å². The van der Waals surface area contributed by atoms with Crippen LogP contribution >= 0.6 is 11.6 Å². The standard InChI is InChI=1S/C20H22ClNO3/c1-13(24-18-11-7-5-9-15(18)21)19(23)22-16-12-20(2,3)25-17-10-6-4-8-14(16)17/h4-11,13,16H,12H2,1-3H3,(H,22,23)/t13-,16+/m1/s1. The minimum atomic E-state index is -0.655. The van der Waals surface area contributed by atoms with Crippen molar-refractivity contribution < 1.29 is 14.3 Å². The highest BCUT2D eigenvalue weighted by atomic mass is 35.5. The van der Waals surface area contributed by atoms with Crippen LogP contribution in [0.4, 0.5) is 0 Å². The highest BCUT2D eigenvalue weighted by molar-refractivity contribution is 6.32. The summed E-state index contributed by atoms with van der Waals surface area (Å²) in [6.07, 6.45) is 0.0344. The van der Waals surface area contributed by atoms with Crippen LogP contribution in [0.2, 0.25) is 5.02 Å². The number of hydrogen-bond acceptors (Lipinski definition) is 3. The van der Waals surface area contributed by atoms with Crippen LogP contribution in [0.1, 0.15) is 38.8 Å². The van der Waals surface area contributed by atoms with Gasteiger partial charge in [0.05, 0.1) is 11.1 Å². The van der Waals surface area contributed by atoms with Gasteiger partial charge in [-0.2, -0.15) is 0 Å². The number of nitrogens with one attached hydrogen (secondary N) is 1. The molecule has 0 fully saturated rings. The molecule has 0 unspecified atom stereocenters. The van der Waals surface area contributed by atoms with Gasteiger partial charge in [0.2, 0.25) is 0 Å². The summed E-state index contributed by atoms with van der Waals surface area (Å²) in [5.41, 5.74) is 0.638. The third-order valence-electron chi connectivity index (χ3n) is 4.20. The quantitative estimate of drug-likeness (QED) is 0.872. The van der Waals surface area contributed by atoms with Crippen LogP contribution in [0.25, 0.3) is 0 Å². The van der Waals surface area contributed by atoms with Gasteiger partial charge in [-0.1, -0.05) is 41.9 Å². The van der Waals surface area contributed by atoms with E-state index in [-0.39, 0.29) is 17.6 Å². The lowest BCUT2D eigenvalue weighted by molar-refractivity contribution is -0.128. The minimum absolute atomic E-state index is 0.121. The van der Waals surface area contributed by atoms with Crippen molar-refractivity contribution in [3.05, 3.63) is 59.1 Å². The van der Waals surface area contributed by atoms with E-state index in [2.05, 4.69) is 5.32 Å². The Morgan fingerprint density at radius 2 is 1.92 bits per heavy atom. The van der Waals surface area contributed by atoms with E-state index in [0.29, 0.717) is 17.2 Å². The number of halogens is 1. The lowest BCUT2D eigenvalue weighted by Crippen LogP contribution is -2.44. The SMILES string of the molecule is C[C@@H](Oc1ccccc1Cl)C(=O)N[C@H]1CC(C)(C)Oc2ccccc21. The van der Waals surface area contributed by atoms with Gasteiger partial charge in [-0.15, -0.1) is 0 Å². The van der Waals surface area contributed by atoms with Crippen LogP contribution in [0, 0.1) is 0 Å². The van der Waals surface area contributed by atoms with Crippen molar-refractivity contribution in [3.8, 4) is 11.5 Å². The maximum Gasteiger partial charge on any atom is 0.261 e. The fourth-order valence-electron chi connectivity index (χ4n) is 3.00. The van der Waals surface area contributed by atoms with Crippen LogP contribution in [-0.2, 0) is 4.79 Å². The maximum absolute atomic E-state index is 12.6. The second-order valence-corrected chi connectivity index (χ2v) is 7.26. The molecule has 0 bridgehead atoms. The molecule has 2 aromatic rings. The molecule has 1 aliphatic heterocycles. The van der Waals surface area contributed by atoms with E-state index in [0.717, 1.165) is 11.3 Å². The topological polar surface area (TPSA) is 47.6 Å². The summed E-state index contributed by atoms with van der Waals surface area (Å²) in [6, 6.07) is 14.8. The number of rotatable bonds is 4. The molecular weight excluding hydrogens is 338 g/mol. The van der Waals surface area contributed by atoms with E-state index in [1.807, 2.05) is 50.2 Å². The number of benzene rings is 2. The molecule has 1 heterocycles. The zero-order chi connectivity index (χ0) is 18.0. The highest BCUT2D eigenvalue weighted by Gasteiger charge is 2.35. The Balaban J connectivity index is 1.73. The lowest BCUT2D eigenvalue weighted by atomic mass is 9.89. The van der Waals surface area contributed by atoms with E-state index < -0.39 is 6.10 Å². The van der Waals surface area contributed by atoms with Crippen molar-refractivity contribution >= 4 is 17.5 Å². The average Bonchev–Trinajstić information content (AvgIpc) is 2.55. The molecule has 0 aromatic heterocycles. The lowest BCUT2D eigenvalue weighted by Gasteiger charge is -2.38. The molecular formula is C20H22ClNO3. The molecule has 4 nitrogen and oxygen atoms in total. The third-order valence-corrected chi connectivity index (χ3v) is 4.51. The first-order chi connectivity index (χ1) is 11.9. The summed E-state index contributed by atoms with van der Waals surface area (Å²) in [4.78, 5) is 12.6. The van der Waals surface area contributed by atoms with Crippen molar-refractivity contribution in [2.75, 3.05) is 0 Å². The molecule has 0 saturated heterocycles. The maximum atomic E-state index is 12.6. The van der Waals surface area contributed by atoms with Gasteiger partial charge in [-0.3, -0.25) is 4.79 Å². The van der Waals surface area contributed by atoms with Crippen LogP contribution < -0.4 is 14.8 Å². The molecule has 3 rings (SSSR count). The van der Waals surface area contributed by atoms with Crippen molar-refractivity contribution in [3.63, 3.8) is 0 Å². The Kier molecular flexibility index (Phi) is 4.91. The predicted octanol–water partition coefficient (Wildman–Crippen LogP) is 4.53. The van der Waals surface area contributed by atoms with Gasteiger partial charge in [0, 0.05) is 12.0 Å². The molecule has 0 spiro atoms. The number of carbonyl (C=O) groups is 1. The molecule has 5 heteroatoms. The summed E-state index contributed by atoms with van der Waals surface area (Å²) in [7, 11) is 0. The Bertz CT molecular complexity index is 775. The number of fused-ring (bicyclic) bond motifs is 1. The van der Waals surface area contributed by atoms with Crippen LogP contribution in [0.15, 0.2) is 48.5 Å². The van der Waals surface area contributed by atoms with Gasteiger partial charge < -0.3 is 14.8 Å². The first-order valence-electron chi connectivity index (χ1n) is 8.35. The summed E-state index contributed by atoms with van der Waals surface area (Å²) in [6.45, 7) is 5.76. The zero-order valence-electron chi connectivity index (χ0n) is 14.6. The number of carbonyl (C=O) groups excluding carboxylic acids is 1. The first-order valence-corrected chi connectivity index (χ1v) is 8.73. The Labute approximate surface area is 153 Å². The number of ether oxygens (including phenoxy) is 2. The van der Waals surface area contributed by atoms with Crippen LogP contribution in [-0.4, -0.2) is 17.6 Å². The molecule has 25 heavy (non-hydrogen) atoms. The second kappa shape index (κ2) is 6.96. The fourth-order valence-corrected chi connectivity index (χ4v) is 3.18. The largest absolute Gasteiger partial charge is 0.487 e. The average molecular weight is 360 g/mol. The van der Waals surface area contributed by atoms with E-state index in [1.165, 1.54) is 0 Å². The molecule has 1 amide bonds. The number of para-hydroxylation sites is 2. The Morgan fingerprint density at radius 1 is 1.24 bits per heavy atom. The van der Waals surface area contributed by atoms with Crippen LogP contribution in [0.3, 0.4) is 0 Å². The zero-order valence-corrected chi connectivity index (χ0v) is 15.3. The molecule has 0 aliphatic carbocycles. The second-order valence-electron chi connectivity index (χ2n) is 6.86. The van der Waals surface area contributed by atoms with E-state index in [9.17, 15) is 4.79 Å². The van der Waals surface area contributed by atoms with Gasteiger partial charge in [-0.25, -0.2) is 0 Å². The molecule has 1 N–H and O–H groups in total. The molecule has 0 radical (unpaired) electrons. The molecule has 132 valence electrons. The number of hydrogen-bond donors (Lipinski definition) is 1. The van der Waals surface area contributed by atoms with Gasteiger partial charge >= 0.3 is 0 Å². The van der Waals surface area contributed by atoms with E-state index >= 15 is 0 Å². The van der Waals surface area contributed by atoms with Gasteiger partial charge in [0.15, 0.2) is 6.10 Å². The number of amides is 1. The predicted molar refractivity (Wildman–Crippen MR) is 98.2 cm³/mol. The fraction of sp³-hybridized carbons (Fsp3) is 0.350.